The number of hydrogen-bond donors (Lipinski definition) is 1. The van der Waals surface area contributed by atoms with E-state index in [9.17, 15) is 4.39 Å². The van der Waals surface area contributed by atoms with Crippen molar-refractivity contribution in [3.05, 3.63) is 35.6 Å². The minimum atomic E-state index is -0.179. The van der Waals surface area contributed by atoms with E-state index in [1.165, 1.54) is 6.07 Å². The summed E-state index contributed by atoms with van der Waals surface area (Å²) in [6.07, 6.45) is 2.18. The predicted molar refractivity (Wildman–Crippen MR) is 76.4 cm³/mol. The second-order valence-electron chi connectivity index (χ2n) is 4.61. The van der Waals surface area contributed by atoms with Crippen molar-refractivity contribution in [2.24, 2.45) is 4.99 Å². The maximum Gasteiger partial charge on any atom is 0.157 e. The Bertz CT molecular complexity index is 441. The van der Waals surface area contributed by atoms with E-state index in [2.05, 4.69) is 24.2 Å². The van der Waals surface area contributed by atoms with Gasteiger partial charge in [-0.1, -0.05) is 43.8 Å². The quantitative estimate of drug-likeness (QED) is 0.901. The summed E-state index contributed by atoms with van der Waals surface area (Å²) in [5, 5.41) is 4.43. The molecule has 1 heterocycles. The summed E-state index contributed by atoms with van der Waals surface area (Å²) in [5.41, 5.74) is 0.830. The van der Waals surface area contributed by atoms with Crippen molar-refractivity contribution in [3.63, 3.8) is 0 Å². The first-order valence-electron chi connectivity index (χ1n) is 6.38. The summed E-state index contributed by atoms with van der Waals surface area (Å²) in [4.78, 5) is 4.47. The highest BCUT2D eigenvalue weighted by Crippen LogP contribution is 2.29. The molecule has 0 atom stereocenters. The average Bonchev–Trinajstić information content (AvgIpc) is 2.82. The first-order valence-corrected chi connectivity index (χ1v) is 7.36. The molecule has 0 radical (unpaired) electrons. The number of thioether (sulfide) groups is 1. The molecule has 4 heteroatoms. The molecular weight excluding hydrogens is 247 g/mol. The van der Waals surface area contributed by atoms with Crippen LogP contribution in [0.3, 0.4) is 0 Å². The van der Waals surface area contributed by atoms with Gasteiger partial charge >= 0.3 is 0 Å². The summed E-state index contributed by atoms with van der Waals surface area (Å²) in [6, 6.07) is 6.81. The van der Waals surface area contributed by atoms with Gasteiger partial charge in [-0.3, -0.25) is 4.99 Å². The Balaban J connectivity index is 2.02. The van der Waals surface area contributed by atoms with Crippen molar-refractivity contribution in [1.82, 2.24) is 5.32 Å². The number of hydrogen-bond acceptors (Lipinski definition) is 2. The molecule has 0 unspecified atom stereocenters. The topological polar surface area (TPSA) is 24.4 Å². The van der Waals surface area contributed by atoms with E-state index in [1.54, 1.807) is 23.9 Å². The van der Waals surface area contributed by atoms with Gasteiger partial charge in [-0.05, 0) is 18.9 Å². The van der Waals surface area contributed by atoms with Crippen LogP contribution in [0.15, 0.2) is 29.3 Å². The SMILES string of the molecule is CCC1(CC)CSC(=NCc2ccccc2F)N1. The van der Waals surface area contributed by atoms with Crippen LogP contribution in [0, 0.1) is 5.82 Å². The Hall–Kier alpha value is -1.03. The van der Waals surface area contributed by atoms with E-state index >= 15 is 0 Å². The number of aliphatic imine (C=N–C) groups is 1. The third kappa shape index (κ3) is 2.86. The lowest BCUT2D eigenvalue weighted by Crippen LogP contribution is -2.42. The Labute approximate surface area is 112 Å². The highest BCUT2D eigenvalue weighted by Gasteiger charge is 2.33. The molecule has 1 N–H and O–H groups in total. The summed E-state index contributed by atoms with van der Waals surface area (Å²) < 4.78 is 13.5. The first-order chi connectivity index (χ1) is 8.69. The molecule has 1 aliphatic heterocycles. The number of amidine groups is 1. The van der Waals surface area contributed by atoms with Crippen LogP contribution < -0.4 is 5.32 Å². The zero-order valence-electron chi connectivity index (χ0n) is 10.9. The van der Waals surface area contributed by atoms with E-state index in [-0.39, 0.29) is 11.4 Å². The van der Waals surface area contributed by atoms with Crippen LogP contribution in [0.25, 0.3) is 0 Å². The molecule has 1 fully saturated rings. The Kier molecular flexibility index (Phi) is 4.27. The minimum Gasteiger partial charge on any atom is -0.359 e. The zero-order valence-corrected chi connectivity index (χ0v) is 11.7. The summed E-state index contributed by atoms with van der Waals surface area (Å²) in [7, 11) is 0. The largest absolute Gasteiger partial charge is 0.359 e. The van der Waals surface area contributed by atoms with Gasteiger partial charge in [-0.25, -0.2) is 4.39 Å². The molecule has 1 aromatic carbocycles. The molecular formula is C14H19FN2S. The van der Waals surface area contributed by atoms with Gasteiger partial charge in [-0.2, -0.15) is 0 Å². The molecule has 0 saturated carbocycles. The van der Waals surface area contributed by atoms with E-state index in [0.717, 1.165) is 23.8 Å². The second-order valence-corrected chi connectivity index (χ2v) is 5.58. The van der Waals surface area contributed by atoms with Crippen LogP contribution in [0.4, 0.5) is 4.39 Å². The Morgan fingerprint density at radius 1 is 1.33 bits per heavy atom. The maximum absolute atomic E-state index is 13.5. The lowest BCUT2D eigenvalue weighted by Gasteiger charge is -2.25. The first kappa shape index (κ1) is 13.4. The molecule has 0 aromatic heterocycles. The predicted octanol–water partition coefficient (Wildman–Crippen LogP) is 3.58. The van der Waals surface area contributed by atoms with E-state index < -0.39 is 0 Å². The molecule has 0 amide bonds. The number of nitrogens with zero attached hydrogens (tertiary/aromatic N) is 1. The molecule has 1 saturated heterocycles. The molecule has 0 bridgehead atoms. The van der Waals surface area contributed by atoms with Gasteiger partial charge in [0, 0.05) is 16.9 Å². The van der Waals surface area contributed by atoms with Crippen LogP contribution in [-0.2, 0) is 6.54 Å². The van der Waals surface area contributed by atoms with Gasteiger partial charge in [0.05, 0.1) is 6.54 Å². The van der Waals surface area contributed by atoms with Gasteiger partial charge in [0.25, 0.3) is 0 Å². The Morgan fingerprint density at radius 2 is 2.06 bits per heavy atom. The standard InChI is InChI=1S/C14H19FN2S/c1-3-14(4-2)10-18-13(17-14)16-9-11-7-5-6-8-12(11)15/h5-8H,3-4,9-10H2,1-2H3,(H,16,17). The monoisotopic (exact) mass is 266 g/mol. The van der Waals surface area contributed by atoms with Gasteiger partial charge < -0.3 is 5.32 Å². The van der Waals surface area contributed by atoms with Crippen molar-refractivity contribution < 1.29 is 4.39 Å². The third-order valence-corrected chi connectivity index (χ3v) is 4.76. The highest BCUT2D eigenvalue weighted by atomic mass is 32.2. The lowest BCUT2D eigenvalue weighted by molar-refractivity contribution is 0.407. The van der Waals surface area contributed by atoms with Crippen LogP contribution in [-0.4, -0.2) is 16.5 Å². The van der Waals surface area contributed by atoms with Crippen molar-refractivity contribution in [1.29, 1.82) is 0 Å². The maximum atomic E-state index is 13.5. The van der Waals surface area contributed by atoms with E-state index in [4.69, 9.17) is 0 Å². The number of benzene rings is 1. The second kappa shape index (κ2) is 5.74. The van der Waals surface area contributed by atoms with Crippen LogP contribution >= 0.6 is 11.8 Å². The normalized spacial score (nSPS) is 20.1. The van der Waals surface area contributed by atoms with Gasteiger partial charge in [-0.15, -0.1) is 0 Å². The number of rotatable bonds is 4. The lowest BCUT2D eigenvalue weighted by atomic mass is 9.96. The van der Waals surface area contributed by atoms with Crippen LogP contribution in [0.2, 0.25) is 0 Å². The molecule has 2 nitrogen and oxygen atoms in total. The van der Waals surface area contributed by atoms with E-state index in [0.29, 0.717) is 12.1 Å². The fraction of sp³-hybridized carbons (Fsp3) is 0.500. The van der Waals surface area contributed by atoms with Crippen LogP contribution in [0.1, 0.15) is 32.3 Å². The van der Waals surface area contributed by atoms with Crippen molar-refractivity contribution in [2.45, 2.75) is 38.8 Å². The molecule has 1 aliphatic rings. The summed E-state index contributed by atoms with van der Waals surface area (Å²) >= 11 is 1.74. The molecule has 0 aliphatic carbocycles. The van der Waals surface area contributed by atoms with Gasteiger partial charge in [0.1, 0.15) is 5.82 Å². The minimum absolute atomic E-state index is 0.179. The third-order valence-electron chi connectivity index (χ3n) is 3.56. The van der Waals surface area contributed by atoms with Crippen molar-refractivity contribution in [2.75, 3.05) is 5.75 Å². The molecule has 2 rings (SSSR count). The van der Waals surface area contributed by atoms with Gasteiger partial charge in [0.15, 0.2) is 5.17 Å². The highest BCUT2D eigenvalue weighted by molar-refractivity contribution is 8.14. The summed E-state index contributed by atoms with van der Waals surface area (Å²) in [6.45, 7) is 4.79. The average molecular weight is 266 g/mol. The molecule has 98 valence electrons. The van der Waals surface area contributed by atoms with Crippen LogP contribution in [0.5, 0.6) is 0 Å². The molecule has 18 heavy (non-hydrogen) atoms. The van der Waals surface area contributed by atoms with Gasteiger partial charge in [0.2, 0.25) is 0 Å². The van der Waals surface area contributed by atoms with Crippen molar-refractivity contribution >= 4 is 16.9 Å². The Morgan fingerprint density at radius 3 is 2.67 bits per heavy atom. The number of nitrogens with one attached hydrogen (secondary N) is 1. The molecule has 1 aromatic rings. The number of halogens is 1. The fourth-order valence-electron chi connectivity index (χ4n) is 2.01. The smallest absolute Gasteiger partial charge is 0.157 e. The van der Waals surface area contributed by atoms with Crippen molar-refractivity contribution in [3.8, 4) is 0 Å². The zero-order chi connectivity index (χ0) is 13.0. The molecule has 0 spiro atoms. The fourth-order valence-corrected chi connectivity index (χ4v) is 3.34. The van der Waals surface area contributed by atoms with E-state index in [1.807, 2.05) is 6.07 Å². The summed E-state index contributed by atoms with van der Waals surface area (Å²) in [5.74, 6) is 0.873.